The lowest BCUT2D eigenvalue weighted by Gasteiger charge is -2.27. The molecular weight excluding hydrogens is 325 g/mol. The Morgan fingerprint density at radius 1 is 1.37 bits per heavy atom. The first kappa shape index (κ1) is 14.8. The van der Waals surface area contributed by atoms with Crippen LogP contribution in [0.4, 0.5) is 13.2 Å². The van der Waals surface area contributed by atoms with Crippen molar-refractivity contribution in [3.63, 3.8) is 0 Å². The van der Waals surface area contributed by atoms with Crippen molar-refractivity contribution in [2.24, 2.45) is 5.92 Å². The summed E-state index contributed by atoms with van der Waals surface area (Å²) in [5, 5.41) is 10.2. The molecule has 2 unspecified atom stereocenters. The lowest BCUT2D eigenvalue weighted by molar-refractivity contribution is -0.138. The SMILES string of the molecule is OC(c1ccc(Br)c(C(F)(F)F)c1)C1CCCOC1. The molecule has 0 aromatic heterocycles. The van der Waals surface area contributed by atoms with Crippen molar-refractivity contribution < 1.29 is 23.0 Å². The number of alkyl halides is 3. The first-order valence-electron chi connectivity index (χ1n) is 6.02. The van der Waals surface area contributed by atoms with Crippen molar-refractivity contribution in [3.8, 4) is 0 Å². The summed E-state index contributed by atoms with van der Waals surface area (Å²) in [6.07, 6.45) is -3.77. The van der Waals surface area contributed by atoms with Gasteiger partial charge >= 0.3 is 6.18 Å². The van der Waals surface area contributed by atoms with Crippen molar-refractivity contribution in [3.05, 3.63) is 33.8 Å². The molecule has 0 saturated carbocycles. The minimum atomic E-state index is -4.43. The molecule has 0 radical (unpaired) electrons. The van der Waals surface area contributed by atoms with Gasteiger partial charge in [0, 0.05) is 17.0 Å². The van der Waals surface area contributed by atoms with Crippen LogP contribution in [-0.4, -0.2) is 18.3 Å². The van der Waals surface area contributed by atoms with E-state index in [1.807, 2.05) is 0 Å². The molecule has 0 aliphatic carbocycles. The third-order valence-electron chi connectivity index (χ3n) is 3.28. The largest absolute Gasteiger partial charge is 0.417 e. The number of rotatable bonds is 2. The number of halogens is 4. The van der Waals surface area contributed by atoms with E-state index in [1.54, 1.807) is 0 Å². The smallest absolute Gasteiger partial charge is 0.388 e. The number of benzene rings is 1. The first-order valence-corrected chi connectivity index (χ1v) is 6.81. The van der Waals surface area contributed by atoms with Crippen LogP contribution in [0.15, 0.2) is 22.7 Å². The van der Waals surface area contributed by atoms with Crippen LogP contribution in [0, 0.1) is 5.92 Å². The number of hydrogen-bond donors (Lipinski definition) is 1. The molecule has 0 spiro atoms. The van der Waals surface area contributed by atoms with Gasteiger partial charge in [0.1, 0.15) is 0 Å². The quantitative estimate of drug-likeness (QED) is 0.885. The zero-order valence-corrected chi connectivity index (χ0v) is 11.7. The minimum absolute atomic E-state index is 0.0177. The Balaban J connectivity index is 2.24. The summed E-state index contributed by atoms with van der Waals surface area (Å²) in [7, 11) is 0. The molecule has 0 amide bonds. The molecule has 1 aromatic carbocycles. The summed E-state index contributed by atoms with van der Waals surface area (Å²) in [6.45, 7) is 1.04. The summed E-state index contributed by atoms with van der Waals surface area (Å²) >= 11 is 2.89. The predicted molar refractivity (Wildman–Crippen MR) is 67.6 cm³/mol. The van der Waals surface area contributed by atoms with Gasteiger partial charge in [0.25, 0.3) is 0 Å². The number of aliphatic hydroxyl groups is 1. The van der Waals surface area contributed by atoms with Crippen LogP contribution in [0.5, 0.6) is 0 Å². The van der Waals surface area contributed by atoms with Crippen LogP contribution in [-0.2, 0) is 10.9 Å². The maximum absolute atomic E-state index is 12.8. The van der Waals surface area contributed by atoms with Crippen molar-refractivity contribution >= 4 is 15.9 Å². The fourth-order valence-corrected chi connectivity index (χ4v) is 2.70. The summed E-state index contributed by atoms with van der Waals surface area (Å²) in [5.74, 6) is -0.143. The van der Waals surface area contributed by atoms with Crippen molar-refractivity contribution in [2.45, 2.75) is 25.1 Å². The van der Waals surface area contributed by atoms with Gasteiger partial charge < -0.3 is 9.84 Å². The van der Waals surface area contributed by atoms with E-state index in [1.165, 1.54) is 12.1 Å². The van der Waals surface area contributed by atoms with E-state index in [4.69, 9.17) is 4.74 Å². The minimum Gasteiger partial charge on any atom is -0.388 e. The van der Waals surface area contributed by atoms with Crippen LogP contribution < -0.4 is 0 Å². The molecule has 6 heteroatoms. The summed E-state index contributed by atoms with van der Waals surface area (Å²) in [6, 6.07) is 3.84. The van der Waals surface area contributed by atoms with E-state index >= 15 is 0 Å². The normalized spacial score (nSPS) is 22.3. The molecule has 1 aliphatic rings. The fourth-order valence-electron chi connectivity index (χ4n) is 2.23. The zero-order chi connectivity index (χ0) is 14.0. The van der Waals surface area contributed by atoms with Crippen LogP contribution >= 0.6 is 15.9 Å². The van der Waals surface area contributed by atoms with Crippen molar-refractivity contribution in [1.29, 1.82) is 0 Å². The van der Waals surface area contributed by atoms with E-state index in [9.17, 15) is 18.3 Å². The van der Waals surface area contributed by atoms with Crippen LogP contribution in [0.2, 0.25) is 0 Å². The highest BCUT2D eigenvalue weighted by atomic mass is 79.9. The van der Waals surface area contributed by atoms with E-state index in [-0.39, 0.29) is 16.0 Å². The highest BCUT2D eigenvalue weighted by molar-refractivity contribution is 9.10. The van der Waals surface area contributed by atoms with Gasteiger partial charge in [-0.25, -0.2) is 0 Å². The second-order valence-electron chi connectivity index (χ2n) is 4.66. The average Bonchev–Trinajstić information content (AvgIpc) is 2.38. The van der Waals surface area contributed by atoms with E-state index in [0.29, 0.717) is 13.2 Å². The topological polar surface area (TPSA) is 29.5 Å². The third kappa shape index (κ3) is 3.49. The average molecular weight is 339 g/mol. The Kier molecular flexibility index (Phi) is 4.53. The second-order valence-corrected chi connectivity index (χ2v) is 5.51. The Morgan fingerprint density at radius 3 is 2.68 bits per heavy atom. The van der Waals surface area contributed by atoms with Gasteiger partial charge in [0.05, 0.1) is 18.3 Å². The molecule has 2 rings (SSSR count). The Morgan fingerprint density at radius 2 is 2.11 bits per heavy atom. The molecule has 1 aromatic rings. The van der Waals surface area contributed by atoms with Gasteiger partial charge in [-0.15, -0.1) is 0 Å². The van der Waals surface area contributed by atoms with E-state index in [0.717, 1.165) is 18.9 Å². The lowest BCUT2D eigenvalue weighted by Crippen LogP contribution is -2.24. The molecule has 1 heterocycles. The molecule has 1 N–H and O–H groups in total. The molecule has 2 atom stereocenters. The van der Waals surface area contributed by atoms with Crippen molar-refractivity contribution in [2.75, 3.05) is 13.2 Å². The molecule has 1 aliphatic heterocycles. The summed E-state index contributed by atoms with van der Waals surface area (Å²) < 4.78 is 43.6. The molecule has 0 bridgehead atoms. The van der Waals surface area contributed by atoms with Crippen LogP contribution in [0.25, 0.3) is 0 Å². The van der Waals surface area contributed by atoms with Crippen LogP contribution in [0.3, 0.4) is 0 Å². The Bertz CT molecular complexity index is 442. The zero-order valence-electron chi connectivity index (χ0n) is 10.1. The van der Waals surface area contributed by atoms with Crippen molar-refractivity contribution in [1.82, 2.24) is 0 Å². The van der Waals surface area contributed by atoms with Gasteiger partial charge in [-0.2, -0.15) is 13.2 Å². The van der Waals surface area contributed by atoms with Gasteiger partial charge in [0.2, 0.25) is 0 Å². The summed E-state index contributed by atoms with van der Waals surface area (Å²) in [5.41, 5.74) is -0.480. The number of ether oxygens (including phenoxy) is 1. The highest BCUT2D eigenvalue weighted by Gasteiger charge is 2.34. The Hall–Kier alpha value is -0.590. The van der Waals surface area contributed by atoms with Gasteiger partial charge in [-0.3, -0.25) is 0 Å². The highest BCUT2D eigenvalue weighted by Crippen LogP contribution is 2.38. The maximum Gasteiger partial charge on any atom is 0.417 e. The van der Waals surface area contributed by atoms with E-state index < -0.39 is 17.8 Å². The number of aliphatic hydroxyl groups excluding tert-OH is 1. The molecule has 2 nitrogen and oxygen atoms in total. The third-order valence-corrected chi connectivity index (χ3v) is 3.97. The molecular formula is C13H14BrF3O2. The van der Waals surface area contributed by atoms with Gasteiger partial charge in [-0.1, -0.05) is 22.0 Å². The molecule has 19 heavy (non-hydrogen) atoms. The second kappa shape index (κ2) is 5.81. The molecule has 106 valence electrons. The number of hydrogen-bond acceptors (Lipinski definition) is 2. The Labute approximate surface area is 117 Å². The van der Waals surface area contributed by atoms with Gasteiger partial charge in [-0.05, 0) is 30.5 Å². The monoisotopic (exact) mass is 338 g/mol. The molecule has 1 fully saturated rings. The predicted octanol–water partition coefficient (Wildman–Crippen LogP) is 3.93. The van der Waals surface area contributed by atoms with Gasteiger partial charge in [0.15, 0.2) is 0 Å². The first-order chi connectivity index (χ1) is 8.89. The maximum atomic E-state index is 12.8. The molecule has 1 saturated heterocycles. The lowest BCUT2D eigenvalue weighted by atomic mass is 9.90. The standard InChI is InChI=1S/C13H14BrF3O2/c14-11-4-3-8(6-10(11)13(15,16)17)12(18)9-2-1-5-19-7-9/h3-4,6,9,12,18H,1-2,5,7H2. The fraction of sp³-hybridized carbons (Fsp3) is 0.538. The van der Waals surface area contributed by atoms with E-state index in [2.05, 4.69) is 15.9 Å². The van der Waals surface area contributed by atoms with Crippen LogP contribution in [0.1, 0.15) is 30.1 Å². The summed E-state index contributed by atoms with van der Waals surface area (Å²) in [4.78, 5) is 0.